The molecule has 0 saturated heterocycles. The first-order valence-electron chi connectivity index (χ1n) is 3.82. The van der Waals surface area contributed by atoms with Crippen molar-refractivity contribution in [1.82, 2.24) is 0 Å². The van der Waals surface area contributed by atoms with Crippen LogP contribution >= 0.6 is 0 Å². The van der Waals surface area contributed by atoms with Gasteiger partial charge in [-0.3, -0.25) is 0 Å². The van der Waals surface area contributed by atoms with Crippen LogP contribution < -0.4 is 0 Å². The Labute approximate surface area is 73.7 Å². The summed E-state index contributed by atoms with van der Waals surface area (Å²) in [6, 6.07) is 0. The molecule has 0 radical (unpaired) electrons. The first-order chi connectivity index (χ1) is 5.20. The van der Waals surface area contributed by atoms with Crippen molar-refractivity contribution >= 4 is 7.32 Å². The van der Waals surface area contributed by atoms with Crippen molar-refractivity contribution in [3.05, 3.63) is 0 Å². The molecule has 4 nitrogen and oxygen atoms in total. The normalized spacial score (nSPS) is 13.2. The van der Waals surface area contributed by atoms with Crippen molar-refractivity contribution in [2.24, 2.45) is 0 Å². The summed E-state index contributed by atoms with van der Waals surface area (Å²) in [6.07, 6.45) is 0. The zero-order valence-electron chi connectivity index (χ0n) is 8.29. The van der Waals surface area contributed by atoms with Crippen molar-refractivity contribution in [3.63, 3.8) is 0 Å². The van der Waals surface area contributed by atoms with Crippen LogP contribution in [-0.2, 0) is 9.31 Å². The second-order valence-corrected chi connectivity index (χ2v) is 3.73. The minimum Gasteiger partial charge on any atom is -0.402 e. The summed E-state index contributed by atoms with van der Waals surface area (Å²) in [7, 11) is 0.0249. The van der Waals surface area contributed by atoms with Crippen LogP contribution in [-0.4, -0.2) is 35.8 Å². The molecule has 0 aromatic carbocycles. The summed E-state index contributed by atoms with van der Waals surface area (Å²) in [5, 5.41) is 18.6. The van der Waals surface area contributed by atoms with E-state index < -0.39 is 18.5 Å². The zero-order chi connectivity index (χ0) is 9.99. The predicted molar refractivity (Wildman–Crippen MR) is 46.4 cm³/mol. The molecule has 0 heterocycles. The summed E-state index contributed by atoms with van der Waals surface area (Å²) < 4.78 is 9.54. The maximum atomic E-state index is 9.60. The molecule has 0 aromatic rings. The third kappa shape index (κ3) is 3.10. The van der Waals surface area contributed by atoms with Gasteiger partial charge in [-0.05, 0) is 27.7 Å². The fourth-order valence-corrected chi connectivity index (χ4v) is 0.444. The van der Waals surface area contributed by atoms with Gasteiger partial charge in [0.2, 0.25) is 0 Å². The monoisotopic (exact) mass is 176 g/mol. The molecule has 0 rings (SSSR count). The molecule has 0 spiro atoms. The van der Waals surface area contributed by atoms with Crippen LogP contribution in [0.15, 0.2) is 0 Å². The van der Waals surface area contributed by atoms with Crippen LogP contribution in [0.5, 0.6) is 0 Å². The third-order valence-electron chi connectivity index (χ3n) is 2.07. The number of rotatable bonds is 4. The first kappa shape index (κ1) is 11.9. The van der Waals surface area contributed by atoms with E-state index >= 15 is 0 Å². The number of aliphatic hydroxyl groups is 1. The Morgan fingerprint density at radius 2 is 1.58 bits per heavy atom. The van der Waals surface area contributed by atoms with E-state index in [0.717, 1.165) is 0 Å². The molecule has 0 aromatic heterocycles. The van der Waals surface area contributed by atoms with Gasteiger partial charge in [-0.15, -0.1) is 0 Å². The van der Waals surface area contributed by atoms with Crippen molar-refractivity contribution < 1.29 is 19.4 Å². The van der Waals surface area contributed by atoms with E-state index in [1.807, 2.05) is 0 Å². The zero-order valence-corrected chi connectivity index (χ0v) is 8.29. The molecule has 12 heavy (non-hydrogen) atoms. The molecular formula is C7H17BO4. The summed E-state index contributed by atoms with van der Waals surface area (Å²) in [5.41, 5.74) is -1.89. The van der Waals surface area contributed by atoms with Crippen molar-refractivity contribution in [2.45, 2.75) is 38.9 Å². The molecule has 0 fully saturated rings. The third-order valence-corrected chi connectivity index (χ3v) is 2.07. The maximum Gasteiger partial charge on any atom is 0.636 e. The van der Waals surface area contributed by atoms with Gasteiger partial charge in [0, 0.05) is 7.11 Å². The first-order valence-corrected chi connectivity index (χ1v) is 3.82. The predicted octanol–water partition coefficient (Wildman–Crippen LogP) is 0.176. The van der Waals surface area contributed by atoms with Gasteiger partial charge in [-0.25, -0.2) is 0 Å². The topological polar surface area (TPSA) is 58.9 Å². The average Bonchev–Trinajstić information content (AvgIpc) is 1.84. The van der Waals surface area contributed by atoms with Gasteiger partial charge in [0.25, 0.3) is 0 Å². The summed E-state index contributed by atoms with van der Waals surface area (Å²) in [4.78, 5) is 0. The van der Waals surface area contributed by atoms with Crippen molar-refractivity contribution in [3.8, 4) is 0 Å². The Morgan fingerprint density at radius 1 is 1.17 bits per heavy atom. The van der Waals surface area contributed by atoms with Crippen LogP contribution in [0, 0.1) is 0 Å². The molecule has 0 unspecified atom stereocenters. The quantitative estimate of drug-likeness (QED) is 0.599. The van der Waals surface area contributed by atoms with Gasteiger partial charge in [-0.1, -0.05) is 0 Å². The highest BCUT2D eigenvalue weighted by molar-refractivity contribution is 6.34. The lowest BCUT2D eigenvalue weighted by atomic mass is 9.88. The summed E-state index contributed by atoms with van der Waals surface area (Å²) in [5.74, 6) is 0. The van der Waals surface area contributed by atoms with E-state index in [0.29, 0.717) is 0 Å². The maximum absolute atomic E-state index is 9.60. The molecule has 5 heteroatoms. The van der Waals surface area contributed by atoms with Gasteiger partial charge in [0.05, 0.1) is 11.2 Å². The van der Waals surface area contributed by atoms with Crippen LogP contribution in [0.1, 0.15) is 27.7 Å². The van der Waals surface area contributed by atoms with Crippen LogP contribution in [0.25, 0.3) is 0 Å². The molecular weight excluding hydrogens is 159 g/mol. The molecule has 0 saturated carbocycles. The molecule has 0 amide bonds. The lowest BCUT2D eigenvalue weighted by Crippen LogP contribution is -2.50. The number of hydrogen-bond donors (Lipinski definition) is 2. The molecule has 0 aliphatic heterocycles. The molecule has 2 N–H and O–H groups in total. The van der Waals surface area contributed by atoms with E-state index in [-0.39, 0.29) is 0 Å². The molecule has 0 atom stereocenters. The van der Waals surface area contributed by atoms with Gasteiger partial charge in [0.1, 0.15) is 0 Å². The standard InChI is InChI=1S/C7H17BO4/c1-6(2,9)7(3,4)12-8(10)11-5/h9-10H,1-5H3. The Kier molecular flexibility index (Phi) is 3.71. The van der Waals surface area contributed by atoms with Gasteiger partial charge >= 0.3 is 7.32 Å². The van der Waals surface area contributed by atoms with Crippen molar-refractivity contribution in [2.75, 3.05) is 7.11 Å². The minimum absolute atomic E-state index is 0.859. The fourth-order valence-electron chi connectivity index (χ4n) is 0.444. The van der Waals surface area contributed by atoms with E-state index in [1.165, 1.54) is 7.11 Å². The highest BCUT2D eigenvalue weighted by Gasteiger charge is 2.39. The number of hydrogen-bond acceptors (Lipinski definition) is 4. The highest BCUT2D eigenvalue weighted by Crippen LogP contribution is 2.25. The lowest BCUT2D eigenvalue weighted by molar-refractivity contribution is -0.111. The summed E-state index contributed by atoms with van der Waals surface area (Å²) >= 11 is 0. The second-order valence-electron chi connectivity index (χ2n) is 3.73. The highest BCUT2D eigenvalue weighted by atomic mass is 16.7. The second kappa shape index (κ2) is 3.74. The minimum atomic E-state index is -1.30. The van der Waals surface area contributed by atoms with Gasteiger partial charge in [-0.2, -0.15) is 0 Å². The summed E-state index contributed by atoms with van der Waals surface area (Å²) in [6.45, 7) is 6.56. The van der Waals surface area contributed by atoms with Crippen LogP contribution in [0.3, 0.4) is 0 Å². The Balaban J connectivity index is 4.22. The van der Waals surface area contributed by atoms with E-state index in [4.69, 9.17) is 9.68 Å². The van der Waals surface area contributed by atoms with Crippen LogP contribution in [0.2, 0.25) is 0 Å². The van der Waals surface area contributed by atoms with Gasteiger partial charge in [0.15, 0.2) is 0 Å². The van der Waals surface area contributed by atoms with E-state index in [2.05, 4.69) is 4.65 Å². The Hall–Kier alpha value is -0.0951. The van der Waals surface area contributed by atoms with E-state index in [9.17, 15) is 5.11 Å². The Bertz CT molecular complexity index is 141. The largest absolute Gasteiger partial charge is 0.636 e. The van der Waals surface area contributed by atoms with E-state index in [1.54, 1.807) is 27.7 Å². The lowest BCUT2D eigenvalue weighted by Gasteiger charge is -2.37. The SMILES string of the molecule is COB(O)OC(C)(C)C(C)(C)O. The average molecular weight is 176 g/mol. The smallest absolute Gasteiger partial charge is 0.402 e. The van der Waals surface area contributed by atoms with Gasteiger partial charge < -0.3 is 19.4 Å². The molecule has 0 aliphatic carbocycles. The van der Waals surface area contributed by atoms with Crippen molar-refractivity contribution in [1.29, 1.82) is 0 Å². The molecule has 72 valence electrons. The molecule has 0 bridgehead atoms. The fraction of sp³-hybridized carbons (Fsp3) is 1.00. The molecule has 0 aliphatic rings. The van der Waals surface area contributed by atoms with Crippen LogP contribution in [0.4, 0.5) is 0 Å². The Morgan fingerprint density at radius 3 is 1.83 bits per heavy atom.